The van der Waals surface area contributed by atoms with Gasteiger partial charge < -0.3 is 10.8 Å². The van der Waals surface area contributed by atoms with Crippen LogP contribution in [0.1, 0.15) is 25.3 Å². The Morgan fingerprint density at radius 1 is 1.35 bits per heavy atom. The first-order valence-electron chi connectivity index (χ1n) is 5.82. The van der Waals surface area contributed by atoms with E-state index >= 15 is 0 Å². The molecule has 1 aromatic rings. The van der Waals surface area contributed by atoms with E-state index in [1.807, 2.05) is 6.92 Å². The van der Waals surface area contributed by atoms with E-state index in [-0.39, 0.29) is 25.1 Å². The highest BCUT2D eigenvalue weighted by atomic mass is 19.2. The van der Waals surface area contributed by atoms with Crippen molar-refractivity contribution in [1.29, 1.82) is 0 Å². The lowest BCUT2D eigenvalue weighted by atomic mass is 9.78. The molecule has 1 unspecified atom stereocenters. The molecule has 0 saturated carbocycles. The fourth-order valence-corrected chi connectivity index (χ4v) is 2.08. The van der Waals surface area contributed by atoms with E-state index in [4.69, 9.17) is 5.73 Å². The van der Waals surface area contributed by atoms with Gasteiger partial charge in [0.15, 0.2) is 11.6 Å². The van der Waals surface area contributed by atoms with Crippen molar-refractivity contribution in [3.8, 4) is 0 Å². The molecule has 0 amide bonds. The van der Waals surface area contributed by atoms with E-state index in [0.29, 0.717) is 6.42 Å². The Kier molecular flexibility index (Phi) is 5.02. The molecule has 0 heterocycles. The second-order valence-electron chi connectivity index (χ2n) is 4.50. The Balaban J connectivity index is 2.97. The third-order valence-electron chi connectivity index (χ3n) is 3.15. The zero-order valence-corrected chi connectivity index (χ0v) is 10.0. The second kappa shape index (κ2) is 6.07. The van der Waals surface area contributed by atoms with Crippen LogP contribution in [0.2, 0.25) is 0 Å². The van der Waals surface area contributed by atoms with Gasteiger partial charge in [-0.3, -0.25) is 0 Å². The SMILES string of the molecule is CCCC(CN)(CO)Cc1cccc(F)c1F. The second-order valence-corrected chi connectivity index (χ2v) is 4.50. The molecule has 3 N–H and O–H groups in total. The largest absolute Gasteiger partial charge is 0.396 e. The van der Waals surface area contributed by atoms with Crippen LogP contribution >= 0.6 is 0 Å². The molecule has 0 fully saturated rings. The Bertz CT molecular complexity index is 364. The number of aliphatic hydroxyl groups excluding tert-OH is 1. The zero-order chi connectivity index (χ0) is 12.9. The molecule has 0 spiro atoms. The molecule has 0 bridgehead atoms. The number of hydrogen-bond acceptors (Lipinski definition) is 2. The molecule has 0 radical (unpaired) electrons. The van der Waals surface area contributed by atoms with Gasteiger partial charge in [0.05, 0.1) is 6.61 Å². The minimum absolute atomic E-state index is 0.118. The van der Waals surface area contributed by atoms with Gasteiger partial charge >= 0.3 is 0 Å². The van der Waals surface area contributed by atoms with E-state index in [9.17, 15) is 13.9 Å². The lowest BCUT2D eigenvalue weighted by Gasteiger charge is -2.30. The minimum atomic E-state index is -0.858. The predicted molar refractivity (Wildman–Crippen MR) is 63.5 cm³/mol. The maximum atomic E-state index is 13.5. The van der Waals surface area contributed by atoms with E-state index < -0.39 is 17.0 Å². The Labute approximate surface area is 100 Å². The smallest absolute Gasteiger partial charge is 0.162 e. The van der Waals surface area contributed by atoms with Crippen LogP contribution in [0.5, 0.6) is 0 Å². The lowest BCUT2D eigenvalue weighted by molar-refractivity contribution is 0.120. The Morgan fingerprint density at radius 3 is 2.59 bits per heavy atom. The summed E-state index contributed by atoms with van der Waals surface area (Å²) in [5.74, 6) is -1.70. The van der Waals surface area contributed by atoms with Crippen molar-refractivity contribution in [3.63, 3.8) is 0 Å². The summed E-state index contributed by atoms with van der Waals surface area (Å²) in [4.78, 5) is 0. The maximum absolute atomic E-state index is 13.5. The lowest BCUT2D eigenvalue weighted by Crippen LogP contribution is -2.36. The summed E-state index contributed by atoms with van der Waals surface area (Å²) in [7, 11) is 0. The Hall–Kier alpha value is -1.00. The van der Waals surface area contributed by atoms with Gasteiger partial charge in [-0.2, -0.15) is 0 Å². The van der Waals surface area contributed by atoms with E-state index in [0.717, 1.165) is 12.5 Å². The quantitative estimate of drug-likeness (QED) is 0.805. The van der Waals surface area contributed by atoms with Crippen molar-refractivity contribution in [2.75, 3.05) is 13.2 Å². The topological polar surface area (TPSA) is 46.2 Å². The molecule has 1 rings (SSSR count). The van der Waals surface area contributed by atoms with Gasteiger partial charge in [0, 0.05) is 12.0 Å². The average molecular weight is 243 g/mol. The van der Waals surface area contributed by atoms with Crippen LogP contribution < -0.4 is 5.73 Å². The van der Waals surface area contributed by atoms with Crippen molar-refractivity contribution in [1.82, 2.24) is 0 Å². The normalized spacial score (nSPS) is 14.6. The van der Waals surface area contributed by atoms with Crippen LogP contribution in [0.15, 0.2) is 18.2 Å². The average Bonchev–Trinajstić information content (AvgIpc) is 2.34. The zero-order valence-electron chi connectivity index (χ0n) is 10.0. The van der Waals surface area contributed by atoms with Gasteiger partial charge in [-0.1, -0.05) is 25.5 Å². The van der Waals surface area contributed by atoms with E-state index in [1.165, 1.54) is 12.1 Å². The summed E-state index contributed by atoms with van der Waals surface area (Å²) in [5.41, 5.74) is 5.39. The summed E-state index contributed by atoms with van der Waals surface area (Å²) in [6, 6.07) is 4.09. The molecule has 0 saturated heterocycles. The van der Waals surface area contributed by atoms with Gasteiger partial charge in [-0.05, 0) is 24.5 Å². The third kappa shape index (κ3) is 3.23. The monoisotopic (exact) mass is 243 g/mol. The molecule has 0 aliphatic rings. The fourth-order valence-electron chi connectivity index (χ4n) is 2.08. The Morgan fingerprint density at radius 2 is 2.06 bits per heavy atom. The highest BCUT2D eigenvalue weighted by Crippen LogP contribution is 2.28. The molecule has 2 nitrogen and oxygen atoms in total. The number of aliphatic hydroxyl groups is 1. The van der Waals surface area contributed by atoms with Crippen molar-refractivity contribution < 1.29 is 13.9 Å². The van der Waals surface area contributed by atoms with Crippen molar-refractivity contribution in [2.24, 2.45) is 11.1 Å². The molecule has 0 aromatic heterocycles. The molecular formula is C13H19F2NO. The van der Waals surface area contributed by atoms with E-state index in [1.54, 1.807) is 0 Å². The number of nitrogens with two attached hydrogens (primary N) is 1. The van der Waals surface area contributed by atoms with Crippen LogP contribution in [-0.2, 0) is 6.42 Å². The maximum Gasteiger partial charge on any atom is 0.162 e. The van der Waals surface area contributed by atoms with Gasteiger partial charge in [0.2, 0.25) is 0 Å². The fraction of sp³-hybridized carbons (Fsp3) is 0.538. The summed E-state index contributed by atoms with van der Waals surface area (Å²) < 4.78 is 26.6. The van der Waals surface area contributed by atoms with Gasteiger partial charge in [-0.25, -0.2) is 8.78 Å². The van der Waals surface area contributed by atoms with Crippen LogP contribution in [0.4, 0.5) is 8.78 Å². The third-order valence-corrected chi connectivity index (χ3v) is 3.15. The summed E-state index contributed by atoms with van der Waals surface area (Å²) in [5, 5.41) is 9.43. The molecule has 96 valence electrons. The molecule has 4 heteroatoms. The van der Waals surface area contributed by atoms with Crippen LogP contribution in [-0.4, -0.2) is 18.3 Å². The molecule has 0 aliphatic heterocycles. The molecule has 1 aromatic carbocycles. The van der Waals surface area contributed by atoms with E-state index in [2.05, 4.69) is 0 Å². The van der Waals surface area contributed by atoms with Crippen molar-refractivity contribution in [3.05, 3.63) is 35.4 Å². The molecular weight excluding hydrogens is 224 g/mol. The molecule has 0 aliphatic carbocycles. The number of hydrogen-bond donors (Lipinski definition) is 2. The first-order chi connectivity index (χ1) is 8.08. The summed E-state index contributed by atoms with van der Waals surface area (Å²) in [6.07, 6.45) is 1.79. The van der Waals surface area contributed by atoms with Gasteiger partial charge in [0.1, 0.15) is 0 Å². The summed E-state index contributed by atoms with van der Waals surface area (Å²) in [6.45, 7) is 2.11. The minimum Gasteiger partial charge on any atom is -0.396 e. The highest BCUT2D eigenvalue weighted by Gasteiger charge is 2.28. The number of rotatable bonds is 6. The van der Waals surface area contributed by atoms with Gasteiger partial charge in [-0.15, -0.1) is 0 Å². The standard InChI is InChI=1S/C13H19F2NO/c1-2-6-13(8-16,9-17)7-10-4-3-5-11(14)12(10)15/h3-5,17H,2,6-9,16H2,1H3. The molecule has 17 heavy (non-hydrogen) atoms. The van der Waals surface area contributed by atoms with Crippen LogP contribution in [0.25, 0.3) is 0 Å². The highest BCUT2D eigenvalue weighted by molar-refractivity contribution is 5.20. The number of benzene rings is 1. The first-order valence-corrected chi connectivity index (χ1v) is 5.82. The molecule has 1 atom stereocenters. The summed E-state index contributed by atoms with van der Waals surface area (Å²) >= 11 is 0. The first kappa shape index (κ1) is 14.1. The predicted octanol–water partition coefficient (Wildman–Crippen LogP) is 2.24. The van der Waals surface area contributed by atoms with Crippen molar-refractivity contribution >= 4 is 0 Å². The van der Waals surface area contributed by atoms with Crippen LogP contribution in [0.3, 0.4) is 0 Å². The van der Waals surface area contributed by atoms with Crippen molar-refractivity contribution in [2.45, 2.75) is 26.2 Å². The number of halogens is 2. The van der Waals surface area contributed by atoms with Crippen LogP contribution in [0, 0.1) is 17.0 Å². The van der Waals surface area contributed by atoms with Gasteiger partial charge in [0.25, 0.3) is 0 Å².